The fraction of sp³-hybridized carbons (Fsp3) is 0.909. The highest BCUT2D eigenvalue weighted by molar-refractivity contribution is 5.67. The van der Waals surface area contributed by atoms with E-state index in [-0.39, 0.29) is 31.4 Å². The third-order valence-corrected chi connectivity index (χ3v) is 2.69. The number of carbonyl (C=O) groups is 1. The Morgan fingerprint density at radius 3 is 2.50 bits per heavy atom. The molecule has 3 nitrogen and oxygen atoms in total. The Labute approximate surface area is 94.5 Å². The molecule has 94 valence electrons. The van der Waals surface area contributed by atoms with Gasteiger partial charge in [-0.3, -0.25) is 0 Å². The summed E-state index contributed by atoms with van der Waals surface area (Å²) in [5, 5.41) is 2.59. The van der Waals surface area contributed by atoms with E-state index < -0.39 is 12.0 Å². The van der Waals surface area contributed by atoms with Gasteiger partial charge in [0.1, 0.15) is 0 Å². The van der Waals surface area contributed by atoms with Crippen molar-refractivity contribution in [1.82, 2.24) is 5.32 Å². The first-order valence-electron chi connectivity index (χ1n) is 5.70. The smallest absolute Gasteiger partial charge is 0.407 e. The number of carbonyl (C=O) groups excluding carboxylic acids is 1. The molecule has 16 heavy (non-hydrogen) atoms. The average molecular weight is 235 g/mol. The second kappa shape index (κ2) is 5.46. The quantitative estimate of drug-likeness (QED) is 0.816. The van der Waals surface area contributed by atoms with Crippen molar-refractivity contribution >= 4 is 6.09 Å². The van der Waals surface area contributed by atoms with Crippen LogP contribution in [0.2, 0.25) is 0 Å². The molecule has 0 radical (unpaired) electrons. The van der Waals surface area contributed by atoms with Gasteiger partial charge in [-0.05, 0) is 32.6 Å². The first kappa shape index (κ1) is 13.2. The number of hydrogen-bond donors (Lipinski definition) is 1. The molecule has 0 bridgehead atoms. The summed E-state index contributed by atoms with van der Waals surface area (Å²) >= 11 is 0. The van der Waals surface area contributed by atoms with Gasteiger partial charge < -0.3 is 10.1 Å². The predicted molar refractivity (Wildman–Crippen MR) is 56.5 cm³/mol. The Morgan fingerprint density at radius 2 is 2.00 bits per heavy atom. The molecule has 0 unspecified atom stereocenters. The molecule has 0 aromatic heterocycles. The normalized spacial score (nSPS) is 20.8. The van der Waals surface area contributed by atoms with Crippen LogP contribution in [0.15, 0.2) is 0 Å². The van der Waals surface area contributed by atoms with Gasteiger partial charge in [-0.15, -0.1) is 0 Å². The molecule has 0 atom stereocenters. The van der Waals surface area contributed by atoms with Crippen LogP contribution in [0.4, 0.5) is 13.6 Å². The Balaban J connectivity index is 2.17. The number of rotatable bonds is 3. The average Bonchev–Trinajstić information content (AvgIpc) is 2.15. The van der Waals surface area contributed by atoms with E-state index in [9.17, 15) is 13.6 Å². The first-order valence-corrected chi connectivity index (χ1v) is 5.70. The lowest BCUT2D eigenvalue weighted by atomic mass is 9.87. The van der Waals surface area contributed by atoms with Gasteiger partial charge in [0.25, 0.3) is 0 Å². The molecular formula is C11H19F2NO2. The van der Waals surface area contributed by atoms with E-state index >= 15 is 0 Å². The molecule has 0 aliphatic heterocycles. The summed E-state index contributed by atoms with van der Waals surface area (Å²) in [4.78, 5) is 11.1. The van der Waals surface area contributed by atoms with Crippen LogP contribution >= 0.6 is 0 Å². The molecule has 0 heterocycles. The van der Waals surface area contributed by atoms with Gasteiger partial charge in [-0.1, -0.05) is 0 Å². The van der Waals surface area contributed by atoms with Crippen molar-refractivity contribution < 1.29 is 18.3 Å². The zero-order valence-electron chi connectivity index (χ0n) is 9.76. The standard InChI is InChI=1S/C11H19F2NO2/c1-8(2)14-10(15)16-7-9-3-5-11(12,13)6-4-9/h8-9H,3-7H2,1-2H3,(H,14,15). The second-order valence-corrected chi connectivity index (χ2v) is 4.70. The van der Waals surface area contributed by atoms with Gasteiger partial charge in [0.05, 0.1) is 6.61 Å². The Bertz CT molecular complexity index is 234. The minimum atomic E-state index is -2.52. The molecule has 1 amide bonds. The minimum Gasteiger partial charge on any atom is -0.449 e. The van der Waals surface area contributed by atoms with Gasteiger partial charge in [-0.25, -0.2) is 13.6 Å². The van der Waals surface area contributed by atoms with E-state index in [1.165, 1.54) is 0 Å². The number of alkyl carbamates (subject to hydrolysis) is 1. The van der Waals surface area contributed by atoms with Crippen molar-refractivity contribution in [1.29, 1.82) is 0 Å². The van der Waals surface area contributed by atoms with Crippen molar-refractivity contribution in [3.63, 3.8) is 0 Å². The van der Waals surface area contributed by atoms with Gasteiger partial charge in [-0.2, -0.15) is 0 Å². The lowest BCUT2D eigenvalue weighted by Gasteiger charge is -2.27. The van der Waals surface area contributed by atoms with Crippen LogP contribution in [0.1, 0.15) is 39.5 Å². The lowest BCUT2D eigenvalue weighted by Crippen LogP contribution is -2.33. The van der Waals surface area contributed by atoms with Gasteiger partial charge in [0.2, 0.25) is 5.92 Å². The van der Waals surface area contributed by atoms with E-state index in [1.807, 2.05) is 13.8 Å². The summed E-state index contributed by atoms with van der Waals surface area (Å²) in [6, 6.07) is 0.0307. The molecule has 1 fully saturated rings. The topological polar surface area (TPSA) is 38.3 Å². The van der Waals surface area contributed by atoms with Crippen molar-refractivity contribution in [2.45, 2.75) is 51.5 Å². The maximum Gasteiger partial charge on any atom is 0.407 e. The minimum absolute atomic E-state index is 0.0307. The summed E-state index contributed by atoms with van der Waals surface area (Å²) in [6.07, 6.45) is 0.219. The summed E-state index contributed by atoms with van der Waals surface area (Å²) in [7, 11) is 0. The van der Waals surface area contributed by atoms with Crippen LogP contribution in [-0.2, 0) is 4.74 Å². The zero-order chi connectivity index (χ0) is 12.2. The van der Waals surface area contributed by atoms with Crippen molar-refractivity contribution in [2.75, 3.05) is 6.61 Å². The molecule has 0 aromatic carbocycles. The number of alkyl halides is 2. The monoisotopic (exact) mass is 235 g/mol. The van der Waals surface area contributed by atoms with Crippen LogP contribution in [-0.4, -0.2) is 24.7 Å². The largest absolute Gasteiger partial charge is 0.449 e. The Kier molecular flexibility index (Phi) is 4.50. The molecule has 0 spiro atoms. The zero-order valence-corrected chi connectivity index (χ0v) is 9.76. The highest BCUT2D eigenvalue weighted by Gasteiger charge is 2.35. The number of ether oxygens (including phenoxy) is 1. The first-order chi connectivity index (χ1) is 7.39. The van der Waals surface area contributed by atoms with Gasteiger partial charge >= 0.3 is 6.09 Å². The lowest BCUT2D eigenvalue weighted by molar-refractivity contribution is -0.0516. The Morgan fingerprint density at radius 1 is 1.44 bits per heavy atom. The van der Waals surface area contributed by atoms with E-state index in [4.69, 9.17) is 4.74 Å². The summed E-state index contributed by atoms with van der Waals surface area (Å²) in [5.41, 5.74) is 0. The van der Waals surface area contributed by atoms with Crippen LogP contribution in [0.25, 0.3) is 0 Å². The van der Waals surface area contributed by atoms with E-state index in [2.05, 4.69) is 5.32 Å². The number of nitrogens with one attached hydrogen (secondary N) is 1. The molecular weight excluding hydrogens is 216 g/mol. The predicted octanol–water partition coefficient (Wildman–Crippen LogP) is 2.95. The van der Waals surface area contributed by atoms with Crippen LogP contribution in [0, 0.1) is 5.92 Å². The maximum absolute atomic E-state index is 12.8. The van der Waals surface area contributed by atoms with Crippen LogP contribution in [0.5, 0.6) is 0 Å². The third-order valence-electron chi connectivity index (χ3n) is 2.69. The molecule has 0 saturated heterocycles. The molecule has 1 saturated carbocycles. The number of hydrogen-bond acceptors (Lipinski definition) is 2. The molecule has 5 heteroatoms. The molecule has 1 rings (SSSR count). The number of halogens is 2. The number of amides is 1. The maximum atomic E-state index is 12.8. The SMILES string of the molecule is CC(C)NC(=O)OCC1CCC(F)(F)CC1. The molecule has 1 N–H and O–H groups in total. The fourth-order valence-corrected chi connectivity index (χ4v) is 1.74. The fourth-order valence-electron chi connectivity index (χ4n) is 1.74. The summed E-state index contributed by atoms with van der Waals surface area (Å²) < 4.78 is 30.6. The summed E-state index contributed by atoms with van der Waals surface area (Å²) in [6.45, 7) is 3.92. The molecule has 0 aromatic rings. The van der Waals surface area contributed by atoms with E-state index in [1.54, 1.807) is 0 Å². The Hall–Kier alpha value is -0.870. The van der Waals surface area contributed by atoms with Gasteiger partial charge in [0.15, 0.2) is 0 Å². The molecule has 1 aliphatic rings. The van der Waals surface area contributed by atoms with Crippen molar-refractivity contribution in [3.8, 4) is 0 Å². The van der Waals surface area contributed by atoms with Crippen molar-refractivity contribution in [3.05, 3.63) is 0 Å². The van der Waals surface area contributed by atoms with Crippen LogP contribution in [0.3, 0.4) is 0 Å². The van der Waals surface area contributed by atoms with E-state index in [0.717, 1.165) is 0 Å². The highest BCUT2D eigenvalue weighted by Crippen LogP contribution is 2.36. The van der Waals surface area contributed by atoms with Crippen molar-refractivity contribution in [2.24, 2.45) is 5.92 Å². The van der Waals surface area contributed by atoms with E-state index in [0.29, 0.717) is 12.8 Å². The molecule has 1 aliphatic carbocycles. The highest BCUT2D eigenvalue weighted by atomic mass is 19.3. The van der Waals surface area contributed by atoms with Gasteiger partial charge in [0, 0.05) is 18.9 Å². The third kappa shape index (κ3) is 4.77. The second-order valence-electron chi connectivity index (χ2n) is 4.70. The summed E-state index contributed by atoms with van der Waals surface area (Å²) in [5.74, 6) is -2.44. The van der Waals surface area contributed by atoms with Crippen LogP contribution < -0.4 is 5.32 Å².